The van der Waals surface area contributed by atoms with Crippen molar-refractivity contribution in [2.24, 2.45) is 0 Å². The molecule has 20 heavy (non-hydrogen) atoms. The Morgan fingerprint density at radius 2 is 1.70 bits per heavy atom. The SMILES string of the molecule is CC(=O)c1ccc(N2Cc3ccccc3CC2=N)cc1. The van der Waals surface area contributed by atoms with Crippen molar-refractivity contribution < 1.29 is 4.79 Å². The van der Waals surface area contributed by atoms with Gasteiger partial charge in [0.15, 0.2) is 5.78 Å². The first-order chi connectivity index (χ1) is 9.65. The topological polar surface area (TPSA) is 44.2 Å². The average Bonchev–Trinajstić information content (AvgIpc) is 2.46. The van der Waals surface area contributed by atoms with Gasteiger partial charge in [-0.25, -0.2) is 0 Å². The van der Waals surface area contributed by atoms with Crippen LogP contribution in [-0.2, 0) is 13.0 Å². The monoisotopic (exact) mass is 264 g/mol. The molecule has 1 N–H and O–H groups in total. The summed E-state index contributed by atoms with van der Waals surface area (Å²) in [6.07, 6.45) is 0.657. The van der Waals surface area contributed by atoms with Gasteiger partial charge in [0.25, 0.3) is 0 Å². The summed E-state index contributed by atoms with van der Waals surface area (Å²) < 4.78 is 0. The Bertz CT molecular complexity index is 674. The summed E-state index contributed by atoms with van der Waals surface area (Å²) in [5, 5.41) is 8.21. The second kappa shape index (κ2) is 4.93. The second-order valence-corrected chi connectivity index (χ2v) is 5.08. The van der Waals surface area contributed by atoms with Crippen molar-refractivity contribution in [1.82, 2.24) is 0 Å². The fourth-order valence-corrected chi connectivity index (χ4v) is 2.55. The van der Waals surface area contributed by atoms with E-state index in [9.17, 15) is 4.79 Å². The number of nitrogens with zero attached hydrogens (tertiary/aromatic N) is 1. The highest BCUT2D eigenvalue weighted by Crippen LogP contribution is 2.25. The summed E-state index contributed by atoms with van der Waals surface area (Å²) in [5.41, 5.74) is 4.17. The molecule has 3 heteroatoms. The van der Waals surface area contributed by atoms with E-state index in [1.807, 2.05) is 41.3 Å². The van der Waals surface area contributed by atoms with Crippen molar-refractivity contribution >= 4 is 17.3 Å². The number of ketones is 1. The van der Waals surface area contributed by atoms with E-state index < -0.39 is 0 Å². The normalized spacial score (nSPS) is 14.1. The minimum absolute atomic E-state index is 0.0654. The number of carbonyl (C=O) groups excluding carboxylic acids is 1. The molecular formula is C17H16N2O. The van der Waals surface area contributed by atoms with Gasteiger partial charge in [0.05, 0.1) is 0 Å². The molecular weight excluding hydrogens is 248 g/mol. The molecule has 3 nitrogen and oxygen atoms in total. The number of amidine groups is 1. The quantitative estimate of drug-likeness (QED) is 0.844. The molecule has 0 saturated heterocycles. The van der Waals surface area contributed by atoms with E-state index in [4.69, 9.17) is 5.41 Å². The molecule has 1 heterocycles. The third kappa shape index (κ3) is 2.23. The van der Waals surface area contributed by atoms with E-state index in [2.05, 4.69) is 12.1 Å². The summed E-state index contributed by atoms with van der Waals surface area (Å²) in [7, 11) is 0. The molecule has 0 spiro atoms. The largest absolute Gasteiger partial charge is 0.326 e. The smallest absolute Gasteiger partial charge is 0.159 e. The lowest BCUT2D eigenvalue weighted by atomic mass is 9.98. The molecule has 1 aliphatic heterocycles. The number of fused-ring (bicyclic) bond motifs is 1. The van der Waals surface area contributed by atoms with Gasteiger partial charge in [0.1, 0.15) is 5.84 Å². The third-order valence-corrected chi connectivity index (χ3v) is 3.72. The minimum Gasteiger partial charge on any atom is -0.326 e. The first kappa shape index (κ1) is 12.6. The van der Waals surface area contributed by atoms with Crippen LogP contribution in [0.15, 0.2) is 48.5 Å². The van der Waals surface area contributed by atoms with Crippen LogP contribution < -0.4 is 4.90 Å². The Labute approximate surface area is 118 Å². The van der Waals surface area contributed by atoms with E-state index in [-0.39, 0.29) is 5.78 Å². The van der Waals surface area contributed by atoms with Gasteiger partial charge in [-0.05, 0) is 42.3 Å². The first-order valence-corrected chi connectivity index (χ1v) is 6.68. The van der Waals surface area contributed by atoms with E-state index in [1.165, 1.54) is 11.1 Å². The maximum Gasteiger partial charge on any atom is 0.159 e. The summed E-state index contributed by atoms with van der Waals surface area (Å²) in [6, 6.07) is 15.7. The maximum atomic E-state index is 11.3. The summed E-state index contributed by atoms with van der Waals surface area (Å²) in [5.74, 6) is 0.662. The predicted octanol–water partition coefficient (Wildman–Crippen LogP) is 3.43. The number of hydrogen-bond donors (Lipinski definition) is 1. The molecule has 0 bridgehead atoms. The highest BCUT2D eigenvalue weighted by atomic mass is 16.1. The Kier molecular flexibility index (Phi) is 3.11. The lowest BCUT2D eigenvalue weighted by molar-refractivity contribution is 0.101. The number of anilines is 1. The number of Topliss-reactive ketones (excluding diaryl/α,β-unsaturated/α-hetero) is 1. The standard InChI is InChI=1S/C17H16N2O/c1-12(20)13-6-8-16(9-7-13)19-11-15-5-3-2-4-14(15)10-17(19)18/h2-9,18H,10-11H2,1H3. The molecule has 0 aromatic heterocycles. The van der Waals surface area contributed by atoms with Crippen molar-refractivity contribution in [3.05, 3.63) is 65.2 Å². The molecule has 2 aromatic rings. The third-order valence-electron chi connectivity index (χ3n) is 3.72. The molecule has 100 valence electrons. The maximum absolute atomic E-state index is 11.3. The average molecular weight is 264 g/mol. The molecule has 0 aliphatic carbocycles. The van der Waals surface area contributed by atoms with Crippen molar-refractivity contribution in [3.63, 3.8) is 0 Å². The summed E-state index contributed by atoms with van der Waals surface area (Å²) >= 11 is 0. The Morgan fingerprint density at radius 3 is 2.35 bits per heavy atom. The molecule has 0 unspecified atom stereocenters. The molecule has 0 fully saturated rings. The zero-order valence-corrected chi connectivity index (χ0v) is 11.4. The Morgan fingerprint density at radius 1 is 1.05 bits per heavy atom. The van der Waals surface area contributed by atoms with Gasteiger partial charge in [-0.2, -0.15) is 0 Å². The van der Waals surface area contributed by atoms with E-state index in [0.29, 0.717) is 24.4 Å². The Balaban J connectivity index is 1.91. The number of nitrogens with one attached hydrogen (secondary N) is 1. The van der Waals surface area contributed by atoms with Crippen molar-refractivity contribution in [1.29, 1.82) is 5.41 Å². The van der Waals surface area contributed by atoms with Crippen molar-refractivity contribution in [3.8, 4) is 0 Å². The highest BCUT2D eigenvalue weighted by Gasteiger charge is 2.21. The van der Waals surface area contributed by atoms with Crippen LogP contribution in [0.5, 0.6) is 0 Å². The zero-order chi connectivity index (χ0) is 14.1. The highest BCUT2D eigenvalue weighted by molar-refractivity contribution is 5.99. The minimum atomic E-state index is 0.0654. The molecule has 1 aliphatic rings. The molecule has 2 aromatic carbocycles. The van der Waals surface area contributed by atoms with Crippen LogP contribution in [0.2, 0.25) is 0 Å². The van der Waals surface area contributed by atoms with Gasteiger partial charge in [-0.3, -0.25) is 10.2 Å². The number of benzene rings is 2. The van der Waals surface area contributed by atoms with E-state index >= 15 is 0 Å². The van der Waals surface area contributed by atoms with E-state index in [0.717, 1.165) is 5.69 Å². The number of hydrogen-bond acceptors (Lipinski definition) is 2. The first-order valence-electron chi connectivity index (χ1n) is 6.68. The second-order valence-electron chi connectivity index (χ2n) is 5.08. The van der Waals surface area contributed by atoms with Crippen LogP contribution in [0.25, 0.3) is 0 Å². The predicted molar refractivity (Wildman–Crippen MR) is 80.5 cm³/mol. The van der Waals surface area contributed by atoms with Gasteiger partial charge < -0.3 is 4.90 Å². The van der Waals surface area contributed by atoms with Crippen LogP contribution >= 0.6 is 0 Å². The summed E-state index contributed by atoms with van der Waals surface area (Å²) in [4.78, 5) is 13.3. The van der Waals surface area contributed by atoms with Gasteiger partial charge in [0, 0.05) is 24.2 Å². The zero-order valence-electron chi connectivity index (χ0n) is 11.4. The van der Waals surface area contributed by atoms with Crippen LogP contribution in [-0.4, -0.2) is 11.6 Å². The summed E-state index contributed by atoms with van der Waals surface area (Å²) in [6.45, 7) is 2.28. The molecule has 3 rings (SSSR count). The van der Waals surface area contributed by atoms with Crippen LogP contribution in [0.4, 0.5) is 5.69 Å². The van der Waals surface area contributed by atoms with Gasteiger partial charge in [-0.15, -0.1) is 0 Å². The molecule has 0 amide bonds. The van der Waals surface area contributed by atoms with E-state index in [1.54, 1.807) is 6.92 Å². The van der Waals surface area contributed by atoms with Crippen molar-refractivity contribution in [2.75, 3.05) is 4.90 Å². The fourth-order valence-electron chi connectivity index (χ4n) is 2.55. The number of carbonyl (C=O) groups is 1. The molecule has 0 radical (unpaired) electrons. The van der Waals surface area contributed by atoms with Gasteiger partial charge in [-0.1, -0.05) is 24.3 Å². The van der Waals surface area contributed by atoms with Gasteiger partial charge >= 0.3 is 0 Å². The Hall–Kier alpha value is -2.42. The van der Waals surface area contributed by atoms with Crippen LogP contribution in [0.3, 0.4) is 0 Å². The van der Waals surface area contributed by atoms with Crippen LogP contribution in [0, 0.1) is 5.41 Å². The molecule has 0 saturated carbocycles. The fraction of sp³-hybridized carbons (Fsp3) is 0.176. The molecule has 0 atom stereocenters. The van der Waals surface area contributed by atoms with Crippen LogP contribution in [0.1, 0.15) is 28.4 Å². The lowest BCUT2D eigenvalue weighted by Gasteiger charge is -2.31. The number of rotatable bonds is 2. The lowest BCUT2D eigenvalue weighted by Crippen LogP contribution is -2.35. The van der Waals surface area contributed by atoms with Gasteiger partial charge in [0.2, 0.25) is 0 Å². The van der Waals surface area contributed by atoms with Crippen molar-refractivity contribution in [2.45, 2.75) is 19.9 Å².